The summed E-state index contributed by atoms with van der Waals surface area (Å²) in [5.74, 6) is -0.924. The SMILES string of the molecule is CCC(CC1=CC=CC=CC1)C(=O)O. The normalized spacial score (nSPS) is 17.4. The van der Waals surface area contributed by atoms with E-state index in [0.717, 1.165) is 6.42 Å². The number of rotatable bonds is 4. The van der Waals surface area contributed by atoms with Crippen LogP contribution in [0, 0.1) is 5.92 Å². The highest BCUT2D eigenvalue weighted by atomic mass is 16.4. The Morgan fingerprint density at radius 2 is 2.29 bits per heavy atom. The van der Waals surface area contributed by atoms with E-state index in [4.69, 9.17) is 5.11 Å². The molecule has 0 heterocycles. The summed E-state index contributed by atoms with van der Waals surface area (Å²) in [5, 5.41) is 8.91. The number of carboxylic acid groups (broad SMARTS) is 1. The Morgan fingerprint density at radius 1 is 1.50 bits per heavy atom. The Kier molecular flexibility index (Phi) is 4.17. The molecule has 14 heavy (non-hydrogen) atoms. The molecule has 76 valence electrons. The number of hydrogen-bond acceptors (Lipinski definition) is 1. The van der Waals surface area contributed by atoms with Crippen LogP contribution in [0.1, 0.15) is 26.2 Å². The van der Waals surface area contributed by atoms with Crippen LogP contribution in [0.3, 0.4) is 0 Å². The van der Waals surface area contributed by atoms with E-state index in [-0.39, 0.29) is 5.92 Å². The summed E-state index contributed by atoms with van der Waals surface area (Å²) < 4.78 is 0. The summed E-state index contributed by atoms with van der Waals surface area (Å²) in [6, 6.07) is 0. The van der Waals surface area contributed by atoms with Crippen LogP contribution < -0.4 is 0 Å². The van der Waals surface area contributed by atoms with Crippen LogP contribution >= 0.6 is 0 Å². The van der Waals surface area contributed by atoms with E-state index < -0.39 is 5.97 Å². The fraction of sp³-hybridized carbons (Fsp3) is 0.417. The van der Waals surface area contributed by atoms with Crippen LogP contribution in [0.4, 0.5) is 0 Å². The van der Waals surface area contributed by atoms with Gasteiger partial charge in [0.05, 0.1) is 5.92 Å². The molecule has 0 fully saturated rings. The molecule has 1 N–H and O–H groups in total. The molecule has 0 saturated heterocycles. The average Bonchev–Trinajstić information content (AvgIpc) is 2.41. The van der Waals surface area contributed by atoms with Crippen molar-refractivity contribution in [3.8, 4) is 0 Å². The van der Waals surface area contributed by atoms with Gasteiger partial charge >= 0.3 is 5.97 Å². The van der Waals surface area contributed by atoms with Crippen molar-refractivity contribution in [2.45, 2.75) is 26.2 Å². The predicted octanol–water partition coefficient (Wildman–Crippen LogP) is 2.93. The topological polar surface area (TPSA) is 37.3 Å². The Bertz CT molecular complexity index is 285. The fourth-order valence-corrected chi connectivity index (χ4v) is 1.50. The van der Waals surface area contributed by atoms with Gasteiger partial charge in [0.1, 0.15) is 0 Å². The average molecular weight is 192 g/mol. The smallest absolute Gasteiger partial charge is 0.306 e. The first-order chi connectivity index (χ1) is 6.74. The number of aliphatic carboxylic acids is 1. The second kappa shape index (κ2) is 5.43. The van der Waals surface area contributed by atoms with Gasteiger partial charge < -0.3 is 5.11 Å². The molecule has 0 bridgehead atoms. The lowest BCUT2D eigenvalue weighted by Gasteiger charge is -2.10. The third-order valence-electron chi connectivity index (χ3n) is 2.42. The minimum atomic E-state index is -0.689. The zero-order chi connectivity index (χ0) is 10.4. The zero-order valence-corrected chi connectivity index (χ0v) is 8.44. The molecule has 0 aromatic heterocycles. The lowest BCUT2D eigenvalue weighted by atomic mass is 9.95. The standard InChI is InChI=1S/C12H16O2/c1-2-11(12(13)14)9-10-7-5-3-4-6-8-10/h3-7,11H,2,8-9H2,1H3,(H,13,14). The van der Waals surface area contributed by atoms with Crippen LogP contribution in [0.15, 0.2) is 36.0 Å². The van der Waals surface area contributed by atoms with Crippen LogP contribution in [0.25, 0.3) is 0 Å². The van der Waals surface area contributed by atoms with Gasteiger partial charge in [-0.25, -0.2) is 0 Å². The summed E-state index contributed by atoms with van der Waals surface area (Å²) >= 11 is 0. The van der Waals surface area contributed by atoms with Crippen molar-refractivity contribution in [2.75, 3.05) is 0 Å². The highest BCUT2D eigenvalue weighted by molar-refractivity contribution is 5.70. The Balaban J connectivity index is 2.58. The summed E-state index contributed by atoms with van der Waals surface area (Å²) in [5.41, 5.74) is 1.20. The second-order valence-corrected chi connectivity index (χ2v) is 3.49. The van der Waals surface area contributed by atoms with E-state index in [1.54, 1.807) is 0 Å². The molecule has 0 aromatic carbocycles. The zero-order valence-electron chi connectivity index (χ0n) is 8.44. The van der Waals surface area contributed by atoms with Crippen molar-refractivity contribution in [1.82, 2.24) is 0 Å². The summed E-state index contributed by atoms with van der Waals surface area (Å²) in [6.45, 7) is 1.92. The van der Waals surface area contributed by atoms with Gasteiger partial charge in [0.2, 0.25) is 0 Å². The van der Waals surface area contributed by atoms with Gasteiger partial charge in [-0.2, -0.15) is 0 Å². The minimum Gasteiger partial charge on any atom is -0.481 e. The van der Waals surface area contributed by atoms with Crippen molar-refractivity contribution < 1.29 is 9.90 Å². The first kappa shape index (κ1) is 10.8. The lowest BCUT2D eigenvalue weighted by molar-refractivity contribution is -0.141. The molecule has 0 amide bonds. The number of hydrogen-bond donors (Lipinski definition) is 1. The second-order valence-electron chi connectivity index (χ2n) is 3.49. The van der Waals surface area contributed by atoms with Crippen molar-refractivity contribution in [3.05, 3.63) is 36.0 Å². The van der Waals surface area contributed by atoms with E-state index in [2.05, 4.69) is 6.08 Å². The molecular weight excluding hydrogens is 176 g/mol. The summed E-state index contributed by atoms with van der Waals surface area (Å²) in [7, 11) is 0. The molecule has 2 heteroatoms. The Hall–Kier alpha value is -1.31. The van der Waals surface area contributed by atoms with Crippen LogP contribution in [0.2, 0.25) is 0 Å². The third kappa shape index (κ3) is 3.21. The van der Waals surface area contributed by atoms with Crippen molar-refractivity contribution in [3.63, 3.8) is 0 Å². The van der Waals surface area contributed by atoms with E-state index >= 15 is 0 Å². The summed E-state index contributed by atoms with van der Waals surface area (Å²) in [4.78, 5) is 10.8. The van der Waals surface area contributed by atoms with Gasteiger partial charge in [-0.15, -0.1) is 0 Å². The Labute approximate surface area is 84.6 Å². The van der Waals surface area contributed by atoms with E-state index in [1.807, 2.05) is 31.2 Å². The minimum absolute atomic E-state index is 0.235. The molecule has 1 aliphatic rings. The number of allylic oxidation sites excluding steroid dienone is 6. The molecule has 0 saturated carbocycles. The van der Waals surface area contributed by atoms with Crippen LogP contribution in [-0.4, -0.2) is 11.1 Å². The monoisotopic (exact) mass is 192 g/mol. The highest BCUT2D eigenvalue weighted by Crippen LogP contribution is 2.19. The molecule has 1 atom stereocenters. The van der Waals surface area contributed by atoms with Crippen LogP contribution in [0.5, 0.6) is 0 Å². The molecule has 1 unspecified atom stereocenters. The molecule has 1 aliphatic carbocycles. The molecule has 1 rings (SSSR count). The molecule has 0 spiro atoms. The molecule has 0 aromatic rings. The quantitative estimate of drug-likeness (QED) is 0.743. The maximum Gasteiger partial charge on any atom is 0.306 e. The van der Waals surface area contributed by atoms with E-state index in [9.17, 15) is 4.79 Å². The van der Waals surface area contributed by atoms with Crippen LogP contribution in [-0.2, 0) is 4.79 Å². The Morgan fingerprint density at radius 3 is 2.93 bits per heavy atom. The molecule has 2 nitrogen and oxygen atoms in total. The number of carbonyl (C=O) groups is 1. The fourth-order valence-electron chi connectivity index (χ4n) is 1.50. The largest absolute Gasteiger partial charge is 0.481 e. The van der Waals surface area contributed by atoms with Gasteiger partial charge in [0, 0.05) is 0 Å². The third-order valence-corrected chi connectivity index (χ3v) is 2.42. The molecular formula is C12H16O2. The van der Waals surface area contributed by atoms with Gasteiger partial charge in [-0.3, -0.25) is 4.79 Å². The van der Waals surface area contributed by atoms with Crippen molar-refractivity contribution in [1.29, 1.82) is 0 Å². The lowest BCUT2D eigenvalue weighted by Crippen LogP contribution is -2.13. The number of carboxylic acids is 1. The van der Waals surface area contributed by atoms with Gasteiger partial charge in [-0.05, 0) is 19.3 Å². The van der Waals surface area contributed by atoms with Crippen molar-refractivity contribution in [2.24, 2.45) is 5.92 Å². The maximum atomic E-state index is 10.8. The first-order valence-electron chi connectivity index (χ1n) is 4.98. The van der Waals surface area contributed by atoms with E-state index in [1.165, 1.54) is 5.57 Å². The maximum absolute atomic E-state index is 10.8. The van der Waals surface area contributed by atoms with E-state index in [0.29, 0.717) is 12.8 Å². The van der Waals surface area contributed by atoms with Crippen molar-refractivity contribution >= 4 is 5.97 Å². The first-order valence-corrected chi connectivity index (χ1v) is 4.98. The summed E-state index contributed by atoms with van der Waals surface area (Å²) in [6.07, 6.45) is 12.2. The van der Waals surface area contributed by atoms with Gasteiger partial charge in [-0.1, -0.05) is 42.9 Å². The highest BCUT2D eigenvalue weighted by Gasteiger charge is 2.16. The van der Waals surface area contributed by atoms with Gasteiger partial charge in [0.25, 0.3) is 0 Å². The molecule has 0 aliphatic heterocycles. The predicted molar refractivity (Wildman–Crippen MR) is 57.0 cm³/mol. The molecule has 0 radical (unpaired) electrons. The van der Waals surface area contributed by atoms with Gasteiger partial charge in [0.15, 0.2) is 0 Å².